The Kier molecular flexibility index (Phi) is 4.00. The molecule has 0 aliphatic carbocycles. The van der Waals surface area contributed by atoms with E-state index in [-0.39, 0.29) is 5.69 Å². The molecule has 7 heteroatoms. The molecule has 0 spiro atoms. The lowest BCUT2D eigenvalue weighted by atomic mass is 9.91. The Morgan fingerprint density at radius 2 is 1.89 bits per heavy atom. The van der Waals surface area contributed by atoms with Crippen LogP contribution in [0.4, 0.5) is 5.69 Å². The Bertz CT molecular complexity index is 457. The molecule has 0 saturated heterocycles. The number of aliphatic hydroxyl groups is 2. The summed E-state index contributed by atoms with van der Waals surface area (Å²) >= 11 is 0. The Labute approximate surface area is 103 Å². The quantitative estimate of drug-likeness (QED) is 0.405. The number of nitro benzene ring substituents is 1. The van der Waals surface area contributed by atoms with Crippen molar-refractivity contribution in [2.75, 3.05) is 0 Å². The fraction of sp³-hybridized carbons (Fsp3) is 0.364. The van der Waals surface area contributed by atoms with Gasteiger partial charge in [0.15, 0.2) is 6.29 Å². The van der Waals surface area contributed by atoms with Crippen molar-refractivity contribution in [3.05, 3.63) is 39.9 Å². The van der Waals surface area contributed by atoms with Gasteiger partial charge in [-0.3, -0.25) is 14.9 Å². The van der Waals surface area contributed by atoms with E-state index in [0.29, 0.717) is 5.56 Å². The van der Waals surface area contributed by atoms with Crippen molar-refractivity contribution in [1.82, 2.24) is 5.32 Å². The van der Waals surface area contributed by atoms with Crippen molar-refractivity contribution in [2.24, 2.45) is 0 Å². The molecule has 98 valence electrons. The maximum Gasteiger partial charge on any atom is 0.269 e. The second-order valence-electron chi connectivity index (χ2n) is 4.06. The number of nitrogens with one attached hydrogen (secondary N) is 1. The van der Waals surface area contributed by atoms with Gasteiger partial charge in [0, 0.05) is 19.1 Å². The molecule has 18 heavy (non-hydrogen) atoms. The molecule has 1 aromatic carbocycles. The van der Waals surface area contributed by atoms with Crippen molar-refractivity contribution < 1.29 is 19.9 Å². The van der Waals surface area contributed by atoms with Crippen molar-refractivity contribution in [1.29, 1.82) is 0 Å². The minimum atomic E-state index is -1.83. The van der Waals surface area contributed by atoms with E-state index in [2.05, 4.69) is 5.32 Å². The van der Waals surface area contributed by atoms with Gasteiger partial charge in [0.1, 0.15) is 5.54 Å². The molecule has 1 rings (SSSR count). The van der Waals surface area contributed by atoms with Gasteiger partial charge < -0.3 is 15.5 Å². The number of hydrogen-bond acceptors (Lipinski definition) is 5. The number of nitrogens with zero attached hydrogens (tertiary/aromatic N) is 1. The molecule has 7 nitrogen and oxygen atoms in total. The molecule has 3 N–H and O–H groups in total. The van der Waals surface area contributed by atoms with Gasteiger partial charge in [-0.1, -0.05) is 0 Å². The molecular weight excluding hydrogens is 240 g/mol. The first-order valence-corrected chi connectivity index (χ1v) is 5.17. The third-order valence-corrected chi connectivity index (χ3v) is 2.63. The number of hydrogen-bond donors (Lipinski definition) is 3. The van der Waals surface area contributed by atoms with Gasteiger partial charge in [0.2, 0.25) is 5.91 Å². The topological polar surface area (TPSA) is 113 Å². The highest BCUT2D eigenvalue weighted by atomic mass is 16.6. The van der Waals surface area contributed by atoms with Gasteiger partial charge in [-0.15, -0.1) is 0 Å². The van der Waals surface area contributed by atoms with Crippen LogP contribution in [0.15, 0.2) is 24.3 Å². The van der Waals surface area contributed by atoms with Gasteiger partial charge in [-0.25, -0.2) is 0 Å². The van der Waals surface area contributed by atoms with E-state index in [0.717, 1.165) is 0 Å². The fourth-order valence-corrected chi connectivity index (χ4v) is 1.58. The van der Waals surface area contributed by atoms with E-state index in [1.165, 1.54) is 38.1 Å². The average Bonchev–Trinajstić information content (AvgIpc) is 2.27. The lowest BCUT2D eigenvalue weighted by Crippen LogP contribution is -2.51. The molecule has 0 aliphatic rings. The largest absolute Gasteiger partial charge is 0.366 e. The number of amides is 1. The first-order valence-electron chi connectivity index (χ1n) is 5.17. The Hall–Kier alpha value is -1.99. The standard InChI is InChI=1S/C11H14N2O5/c1-7(14)12-11(2,10(15)16)8-3-5-9(6-4-8)13(17)18/h3-6,10,15-16H,1-2H3,(H,12,14). The fourth-order valence-electron chi connectivity index (χ4n) is 1.58. The minimum Gasteiger partial charge on any atom is -0.366 e. The lowest BCUT2D eigenvalue weighted by molar-refractivity contribution is -0.384. The monoisotopic (exact) mass is 254 g/mol. The first kappa shape index (κ1) is 14.1. The van der Waals surface area contributed by atoms with Gasteiger partial charge in [-0.05, 0) is 24.6 Å². The van der Waals surface area contributed by atoms with E-state index >= 15 is 0 Å². The smallest absolute Gasteiger partial charge is 0.269 e. The Morgan fingerprint density at radius 1 is 1.39 bits per heavy atom. The molecule has 1 aromatic rings. The third-order valence-electron chi connectivity index (χ3n) is 2.63. The highest BCUT2D eigenvalue weighted by Crippen LogP contribution is 2.25. The molecule has 1 amide bonds. The lowest BCUT2D eigenvalue weighted by Gasteiger charge is -2.32. The summed E-state index contributed by atoms with van der Waals surface area (Å²) in [5.41, 5.74) is -1.17. The predicted octanol–water partition coefficient (Wildman–Crippen LogP) is 0.257. The molecule has 0 bridgehead atoms. The first-order chi connectivity index (χ1) is 8.27. The van der Waals surface area contributed by atoms with Crippen LogP contribution in [-0.4, -0.2) is 27.3 Å². The molecule has 0 aromatic heterocycles. The predicted molar refractivity (Wildman–Crippen MR) is 62.5 cm³/mol. The van der Waals surface area contributed by atoms with Gasteiger partial charge in [0.25, 0.3) is 5.69 Å². The van der Waals surface area contributed by atoms with Crippen LogP contribution >= 0.6 is 0 Å². The SMILES string of the molecule is CC(=O)NC(C)(c1ccc([N+](=O)[O-])cc1)C(O)O. The van der Waals surface area contributed by atoms with E-state index in [4.69, 9.17) is 0 Å². The highest BCUT2D eigenvalue weighted by molar-refractivity contribution is 5.74. The third kappa shape index (κ3) is 2.82. The van der Waals surface area contributed by atoms with Crippen molar-refractivity contribution >= 4 is 11.6 Å². The molecule has 1 atom stereocenters. The summed E-state index contributed by atoms with van der Waals surface area (Å²) in [6.45, 7) is 2.66. The van der Waals surface area contributed by atoms with E-state index in [1.54, 1.807) is 0 Å². The zero-order valence-electron chi connectivity index (χ0n) is 9.95. The van der Waals surface area contributed by atoms with Crippen LogP contribution in [-0.2, 0) is 10.3 Å². The summed E-state index contributed by atoms with van der Waals surface area (Å²) in [4.78, 5) is 21.0. The van der Waals surface area contributed by atoms with Gasteiger partial charge >= 0.3 is 0 Å². The summed E-state index contributed by atoms with van der Waals surface area (Å²) in [5, 5.41) is 31.6. The van der Waals surface area contributed by atoms with Crippen LogP contribution in [0, 0.1) is 10.1 Å². The van der Waals surface area contributed by atoms with Crippen LogP contribution in [0.5, 0.6) is 0 Å². The molecule has 0 heterocycles. The van der Waals surface area contributed by atoms with Crippen LogP contribution in [0.3, 0.4) is 0 Å². The number of carbonyl (C=O) groups excluding carboxylic acids is 1. The molecule has 0 aliphatic heterocycles. The Balaban J connectivity index is 3.14. The van der Waals surface area contributed by atoms with Crippen LogP contribution < -0.4 is 5.32 Å². The van der Waals surface area contributed by atoms with Gasteiger partial charge in [-0.2, -0.15) is 0 Å². The van der Waals surface area contributed by atoms with Crippen molar-refractivity contribution in [3.63, 3.8) is 0 Å². The molecule has 1 unspecified atom stereocenters. The van der Waals surface area contributed by atoms with Crippen molar-refractivity contribution in [3.8, 4) is 0 Å². The summed E-state index contributed by atoms with van der Waals surface area (Å²) in [6, 6.07) is 5.20. The summed E-state index contributed by atoms with van der Waals surface area (Å²) in [5.74, 6) is -0.441. The minimum absolute atomic E-state index is 0.114. The molecule has 0 saturated carbocycles. The second kappa shape index (κ2) is 5.11. The number of nitro groups is 1. The van der Waals surface area contributed by atoms with Crippen LogP contribution in [0.2, 0.25) is 0 Å². The number of benzene rings is 1. The van der Waals surface area contributed by atoms with Gasteiger partial charge in [0.05, 0.1) is 4.92 Å². The number of non-ortho nitro benzene ring substituents is 1. The number of aliphatic hydroxyl groups excluding tert-OH is 1. The zero-order valence-corrected chi connectivity index (χ0v) is 9.95. The average molecular weight is 254 g/mol. The van der Waals surface area contributed by atoms with E-state index < -0.39 is 22.7 Å². The normalized spacial score (nSPS) is 14.1. The molecule has 0 radical (unpaired) electrons. The number of rotatable bonds is 4. The van der Waals surface area contributed by atoms with E-state index in [1.807, 2.05) is 0 Å². The molecular formula is C11H14N2O5. The summed E-state index contributed by atoms with van der Waals surface area (Å²) < 4.78 is 0. The maximum atomic E-state index is 11.1. The van der Waals surface area contributed by atoms with Crippen LogP contribution in [0.25, 0.3) is 0 Å². The second-order valence-corrected chi connectivity index (χ2v) is 4.06. The van der Waals surface area contributed by atoms with Crippen molar-refractivity contribution in [2.45, 2.75) is 25.7 Å². The summed E-state index contributed by atoms with van der Waals surface area (Å²) in [6.07, 6.45) is -1.83. The Morgan fingerprint density at radius 3 is 2.22 bits per heavy atom. The highest BCUT2D eigenvalue weighted by Gasteiger charge is 2.35. The maximum absolute atomic E-state index is 11.1. The van der Waals surface area contributed by atoms with E-state index in [9.17, 15) is 25.1 Å². The molecule has 0 fully saturated rings. The number of carbonyl (C=O) groups is 1. The van der Waals surface area contributed by atoms with Crippen LogP contribution in [0.1, 0.15) is 19.4 Å². The summed E-state index contributed by atoms with van der Waals surface area (Å²) in [7, 11) is 0. The zero-order chi connectivity index (χ0) is 13.9.